The Hall–Kier alpha value is -1.31. The number of benzene rings is 1. The molecule has 102 valence electrons. The zero-order chi connectivity index (χ0) is 13.8. The van der Waals surface area contributed by atoms with Gasteiger partial charge in [0.25, 0.3) is 0 Å². The van der Waals surface area contributed by atoms with Gasteiger partial charge in [0.2, 0.25) is 10.0 Å². The summed E-state index contributed by atoms with van der Waals surface area (Å²) in [6, 6.07) is 3.84. The average Bonchev–Trinajstić information content (AvgIpc) is 2.37. The summed E-state index contributed by atoms with van der Waals surface area (Å²) < 4.78 is 36.4. The normalized spacial score (nSPS) is 13.1. The van der Waals surface area contributed by atoms with E-state index in [1.54, 1.807) is 6.92 Å². The minimum absolute atomic E-state index is 0.00565. The summed E-state index contributed by atoms with van der Waals surface area (Å²) in [4.78, 5) is 0.00565. The average molecular weight is 275 g/mol. The fourth-order valence-corrected chi connectivity index (χ4v) is 2.75. The summed E-state index contributed by atoms with van der Waals surface area (Å²) in [5, 5.41) is 8.88. The fourth-order valence-electron chi connectivity index (χ4n) is 1.36. The number of hydrogen-bond donors (Lipinski definition) is 2. The molecule has 2 N–H and O–H groups in total. The number of rotatable bonds is 6. The lowest BCUT2D eigenvalue weighted by Gasteiger charge is -2.14. The van der Waals surface area contributed by atoms with E-state index in [2.05, 4.69) is 4.72 Å². The van der Waals surface area contributed by atoms with Crippen molar-refractivity contribution >= 4 is 10.0 Å². The van der Waals surface area contributed by atoms with Crippen LogP contribution in [0.25, 0.3) is 0 Å². The van der Waals surface area contributed by atoms with Crippen molar-refractivity contribution < 1.29 is 23.0 Å². The van der Waals surface area contributed by atoms with Crippen molar-refractivity contribution in [2.75, 3.05) is 20.8 Å². The molecule has 0 aliphatic rings. The molecule has 0 fully saturated rings. The zero-order valence-electron chi connectivity index (χ0n) is 10.5. The number of methoxy groups -OCH3 is 2. The Kier molecular flexibility index (Phi) is 4.94. The molecule has 0 spiro atoms. The summed E-state index contributed by atoms with van der Waals surface area (Å²) in [5.74, 6) is 0.688. The van der Waals surface area contributed by atoms with Crippen molar-refractivity contribution in [1.29, 1.82) is 0 Å². The van der Waals surface area contributed by atoms with E-state index in [1.807, 2.05) is 0 Å². The molecule has 7 heteroatoms. The van der Waals surface area contributed by atoms with Crippen molar-refractivity contribution in [2.45, 2.75) is 17.9 Å². The van der Waals surface area contributed by atoms with Gasteiger partial charge in [0.05, 0.1) is 20.8 Å². The highest BCUT2D eigenvalue weighted by atomic mass is 32.2. The molecule has 1 aromatic carbocycles. The first-order valence-corrected chi connectivity index (χ1v) is 6.78. The third-order valence-electron chi connectivity index (χ3n) is 2.29. The second kappa shape index (κ2) is 6.03. The Morgan fingerprint density at radius 3 is 2.50 bits per heavy atom. The molecule has 1 atom stereocenters. The van der Waals surface area contributed by atoms with Gasteiger partial charge in [0.15, 0.2) is 0 Å². The van der Waals surface area contributed by atoms with E-state index < -0.39 is 16.1 Å². The summed E-state index contributed by atoms with van der Waals surface area (Å²) >= 11 is 0. The molecule has 0 radical (unpaired) electrons. The Labute approximate surface area is 107 Å². The maximum Gasteiger partial charge on any atom is 0.244 e. The molecule has 0 aliphatic carbocycles. The van der Waals surface area contributed by atoms with Gasteiger partial charge in [-0.05, 0) is 19.1 Å². The number of aliphatic hydroxyl groups excluding tert-OH is 1. The molecule has 6 nitrogen and oxygen atoms in total. The summed E-state index contributed by atoms with van der Waals surface area (Å²) in [5.41, 5.74) is 0. The van der Waals surface area contributed by atoms with Crippen LogP contribution in [0.1, 0.15) is 6.92 Å². The summed E-state index contributed by atoms with van der Waals surface area (Å²) in [6.45, 7) is 1.28. The topological polar surface area (TPSA) is 84.9 Å². The standard InChI is InChI=1S/C11H17NO5S/c1-8(7-13)12-18(14,15)11-5-4-9(16-2)6-10(11)17-3/h4-6,8,12-13H,7H2,1-3H3. The van der Waals surface area contributed by atoms with Crippen molar-refractivity contribution in [3.05, 3.63) is 18.2 Å². The Balaban J connectivity index is 3.15. The molecule has 1 unspecified atom stereocenters. The van der Waals surface area contributed by atoms with Crippen LogP contribution in [0.15, 0.2) is 23.1 Å². The minimum atomic E-state index is -3.73. The van der Waals surface area contributed by atoms with Crippen molar-refractivity contribution in [2.24, 2.45) is 0 Å². The largest absolute Gasteiger partial charge is 0.497 e. The van der Waals surface area contributed by atoms with E-state index in [1.165, 1.54) is 32.4 Å². The molecule has 0 aromatic heterocycles. The third kappa shape index (κ3) is 3.34. The molecule has 1 aromatic rings. The van der Waals surface area contributed by atoms with Crippen molar-refractivity contribution in [3.63, 3.8) is 0 Å². The van der Waals surface area contributed by atoms with Crippen LogP contribution in [0.4, 0.5) is 0 Å². The highest BCUT2D eigenvalue weighted by molar-refractivity contribution is 7.89. The first-order valence-electron chi connectivity index (χ1n) is 5.29. The number of aliphatic hydroxyl groups is 1. The molecule has 1 rings (SSSR count). The van der Waals surface area contributed by atoms with Crippen LogP contribution in [0.5, 0.6) is 11.5 Å². The first kappa shape index (κ1) is 14.7. The second-order valence-electron chi connectivity index (χ2n) is 3.72. The van der Waals surface area contributed by atoms with Gasteiger partial charge in [-0.25, -0.2) is 13.1 Å². The number of ether oxygens (including phenoxy) is 2. The molecule has 0 aliphatic heterocycles. The predicted molar refractivity (Wildman–Crippen MR) is 66.4 cm³/mol. The molecule has 0 bridgehead atoms. The number of nitrogens with one attached hydrogen (secondary N) is 1. The number of sulfonamides is 1. The fraction of sp³-hybridized carbons (Fsp3) is 0.455. The van der Waals surface area contributed by atoms with Crippen LogP contribution >= 0.6 is 0 Å². The van der Waals surface area contributed by atoms with E-state index in [4.69, 9.17) is 14.6 Å². The van der Waals surface area contributed by atoms with Crippen LogP contribution in [0.2, 0.25) is 0 Å². The molecule has 0 saturated carbocycles. The molecule has 0 amide bonds. The van der Waals surface area contributed by atoms with E-state index >= 15 is 0 Å². The predicted octanol–water partition coefficient (Wildman–Crippen LogP) is 0.363. The van der Waals surface area contributed by atoms with Gasteiger partial charge in [-0.3, -0.25) is 0 Å². The summed E-state index contributed by atoms with van der Waals surface area (Å²) in [7, 11) is -0.870. The van der Waals surface area contributed by atoms with Gasteiger partial charge in [-0.1, -0.05) is 0 Å². The van der Waals surface area contributed by atoms with Crippen molar-refractivity contribution in [1.82, 2.24) is 4.72 Å². The number of hydrogen-bond acceptors (Lipinski definition) is 5. The van der Waals surface area contributed by atoms with Crippen LogP contribution in [-0.4, -0.2) is 40.4 Å². The van der Waals surface area contributed by atoms with Crippen LogP contribution in [0.3, 0.4) is 0 Å². The second-order valence-corrected chi connectivity index (χ2v) is 5.40. The van der Waals surface area contributed by atoms with Crippen LogP contribution in [0, 0.1) is 0 Å². The van der Waals surface area contributed by atoms with E-state index in [-0.39, 0.29) is 17.3 Å². The van der Waals surface area contributed by atoms with Crippen molar-refractivity contribution in [3.8, 4) is 11.5 Å². The van der Waals surface area contributed by atoms with Crippen LogP contribution < -0.4 is 14.2 Å². The van der Waals surface area contributed by atoms with Gasteiger partial charge >= 0.3 is 0 Å². The minimum Gasteiger partial charge on any atom is -0.497 e. The zero-order valence-corrected chi connectivity index (χ0v) is 11.3. The van der Waals surface area contributed by atoms with Gasteiger partial charge in [-0.2, -0.15) is 0 Å². The third-order valence-corrected chi connectivity index (χ3v) is 3.92. The quantitative estimate of drug-likeness (QED) is 0.783. The Morgan fingerprint density at radius 2 is 2.00 bits per heavy atom. The molecule has 0 saturated heterocycles. The molecule has 18 heavy (non-hydrogen) atoms. The van der Waals surface area contributed by atoms with Gasteiger partial charge in [-0.15, -0.1) is 0 Å². The Morgan fingerprint density at radius 1 is 1.33 bits per heavy atom. The molecule has 0 heterocycles. The van der Waals surface area contributed by atoms with E-state index in [0.29, 0.717) is 5.75 Å². The van der Waals surface area contributed by atoms with E-state index in [9.17, 15) is 8.42 Å². The maximum atomic E-state index is 12.0. The smallest absolute Gasteiger partial charge is 0.244 e. The highest BCUT2D eigenvalue weighted by Crippen LogP contribution is 2.28. The highest BCUT2D eigenvalue weighted by Gasteiger charge is 2.21. The molecular weight excluding hydrogens is 258 g/mol. The lowest BCUT2D eigenvalue weighted by Crippen LogP contribution is -2.35. The first-order chi connectivity index (χ1) is 8.44. The monoisotopic (exact) mass is 275 g/mol. The molecular formula is C11H17NO5S. The Bertz CT molecular complexity index is 500. The summed E-state index contributed by atoms with van der Waals surface area (Å²) in [6.07, 6.45) is 0. The van der Waals surface area contributed by atoms with Gasteiger partial charge < -0.3 is 14.6 Å². The van der Waals surface area contributed by atoms with Crippen LogP contribution in [-0.2, 0) is 10.0 Å². The maximum absolute atomic E-state index is 12.0. The lowest BCUT2D eigenvalue weighted by atomic mass is 10.3. The van der Waals surface area contributed by atoms with E-state index in [0.717, 1.165) is 0 Å². The lowest BCUT2D eigenvalue weighted by molar-refractivity contribution is 0.265. The SMILES string of the molecule is COc1ccc(S(=O)(=O)NC(C)CO)c(OC)c1. The van der Waals surface area contributed by atoms with Gasteiger partial charge in [0, 0.05) is 12.1 Å². The van der Waals surface area contributed by atoms with Gasteiger partial charge in [0.1, 0.15) is 16.4 Å².